The third kappa shape index (κ3) is 2.53. The summed E-state index contributed by atoms with van der Waals surface area (Å²) in [5.74, 6) is 1.30. The summed E-state index contributed by atoms with van der Waals surface area (Å²) in [7, 11) is 0. The summed E-state index contributed by atoms with van der Waals surface area (Å²) in [5, 5.41) is 15.1. The van der Waals surface area contributed by atoms with Crippen molar-refractivity contribution in [2.45, 2.75) is 25.9 Å². The number of fused-ring (bicyclic) bond motifs is 1. The maximum absolute atomic E-state index is 7.14. The molecular formula is C9H16N6. The fraction of sp³-hybridized carbons (Fsp3) is 0.667. The van der Waals surface area contributed by atoms with E-state index in [1.807, 2.05) is 0 Å². The molecule has 3 N–H and O–H groups in total. The molecule has 0 aliphatic carbocycles. The normalized spacial score (nSPS) is 16.3. The Morgan fingerprint density at radius 3 is 3.20 bits per heavy atom. The first kappa shape index (κ1) is 10.1. The van der Waals surface area contributed by atoms with Crippen molar-refractivity contribution >= 4 is 5.84 Å². The standard InChI is InChI=1S/C9H16N6/c10-8(11)2-1-3-14-4-5-15-7-12-13-9(15)6-14/h7H,1-6H2,(H3,10,11). The summed E-state index contributed by atoms with van der Waals surface area (Å²) >= 11 is 0. The van der Waals surface area contributed by atoms with E-state index in [1.165, 1.54) is 0 Å². The van der Waals surface area contributed by atoms with Gasteiger partial charge in [-0.3, -0.25) is 10.3 Å². The van der Waals surface area contributed by atoms with Gasteiger partial charge in [0, 0.05) is 19.5 Å². The minimum Gasteiger partial charge on any atom is -0.388 e. The molecule has 0 fully saturated rings. The van der Waals surface area contributed by atoms with Gasteiger partial charge in [-0.05, 0) is 13.0 Å². The second kappa shape index (κ2) is 4.39. The number of hydrogen-bond acceptors (Lipinski definition) is 4. The van der Waals surface area contributed by atoms with Crippen LogP contribution in [0.2, 0.25) is 0 Å². The first-order valence-electron chi connectivity index (χ1n) is 5.17. The molecule has 15 heavy (non-hydrogen) atoms. The molecule has 0 spiro atoms. The molecule has 1 aliphatic rings. The zero-order chi connectivity index (χ0) is 10.7. The van der Waals surface area contributed by atoms with Gasteiger partial charge in [-0.1, -0.05) is 0 Å². The highest BCUT2D eigenvalue weighted by atomic mass is 15.3. The molecule has 0 saturated heterocycles. The Hall–Kier alpha value is -1.43. The second-order valence-corrected chi connectivity index (χ2v) is 3.85. The highest BCUT2D eigenvalue weighted by molar-refractivity contribution is 5.76. The van der Waals surface area contributed by atoms with E-state index < -0.39 is 0 Å². The number of hydrogen-bond donors (Lipinski definition) is 2. The van der Waals surface area contributed by atoms with Crippen LogP contribution in [0.25, 0.3) is 0 Å². The van der Waals surface area contributed by atoms with Crippen LogP contribution in [0.1, 0.15) is 18.7 Å². The Morgan fingerprint density at radius 2 is 2.40 bits per heavy atom. The van der Waals surface area contributed by atoms with Crippen molar-refractivity contribution in [1.82, 2.24) is 19.7 Å². The zero-order valence-electron chi connectivity index (χ0n) is 8.69. The molecule has 0 amide bonds. The summed E-state index contributed by atoms with van der Waals surface area (Å²) in [6, 6.07) is 0. The maximum atomic E-state index is 7.14. The Balaban J connectivity index is 1.80. The zero-order valence-corrected chi connectivity index (χ0v) is 8.69. The van der Waals surface area contributed by atoms with Gasteiger partial charge < -0.3 is 10.3 Å². The molecule has 1 aliphatic heterocycles. The topological polar surface area (TPSA) is 83.8 Å². The lowest BCUT2D eigenvalue weighted by Gasteiger charge is -2.26. The summed E-state index contributed by atoms with van der Waals surface area (Å²) < 4.78 is 2.08. The Morgan fingerprint density at radius 1 is 1.53 bits per heavy atom. The molecule has 0 atom stereocenters. The number of nitrogens with zero attached hydrogens (tertiary/aromatic N) is 4. The number of amidine groups is 1. The van der Waals surface area contributed by atoms with Crippen LogP contribution in [0.3, 0.4) is 0 Å². The van der Waals surface area contributed by atoms with Crippen LogP contribution in [-0.2, 0) is 13.1 Å². The van der Waals surface area contributed by atoms with Gasteiger partial charge in [0.05, 0.1) is 12.4 Å². The van der Waals surface area contributed by atoms with Gasteiger partial charge in [0.25, 0.3) is 0 Å². The van der Waals surface area contributed by atoms with Gasteiger partial charge in [-0.2, -0.15) is 0 Å². The third-order valence-corrected chi connectivity index (χ3v) is 2.64. The van der Waals surface area contributed by atoms with Crippen LogP contribution in [0.5, 0.6) is 0 Å². The summed E-state index contributed by atoms with van der Waals surface area (Å²) in [4.78, 5) is 2.33. The van der Waals surface area contributed by atoms with Crippen LogP contribution in [-0.4, -0.2) is 38.6 Å². The number of aromatic nitrogens is 3. The molecule has 0 bridgehead atoms. The lowest BCUT2D eigenvalue weighted by atomic mass is 10.2. The van der Waals surface area contributed by atoms with Gasteiger partial charge in [0.15, 0.2) is 0 Å². The van der Waals surface area contributed by atoms with Crippen molar-refractivity contribution in [1.29, 1.82) is 5.41 Å². The largest absolute Gasteiger partial charge is 0.388 e. The van der Waals surface area contributed by atoms with Crippen LogP contribution >= 0.6 is 0 Å². The average molecular weight is 208 g/mol. The fourth-order valence-corrected chi connectivity index (χ4v) is 1.80. The smallest absolute Gasteiger partial charge is 0.147 e. The highest BCUT2D eigenvalue weighted by Gasteiger charge is 2.16. The predicted octanol–water partition coefficient (Wildman–Crippen LogP) is -0.190. The van der Waals surface area contributed by atoms with Crippen LogP contribution < -0.4 is 5.73 Å². The predicted molar refractivity (Wildman–Crippen MR) is 56.4 cm³/mol. The molecule has 0 unspecified atom stereocenters. The molecule has 0 saturated carbocycles. The van der Waals surface area contributed by atoms with Crippen molar-refractivity contribution in [2.75, 3.05) is 13.1 Å². The fourth-order valence-electron chi connectivity index (χ4n) is 1.80. The van der Waals surface area contributed by atoms with E-state index in [0.29, 0.717) is 6.42 Å². The van der Waals surface area contributed by atoms with E-state index in [0.717, 1.165) is 38.4 Å². The molecular weight excluding hydrogens is 192 g/mol. The third-order valence-electron chi connectivity index (χ3n) is 2.64. The van der Waals surface area contributed by atoms with E-state index in [2.05, 4.69) is 19.7 Å². The molecule has 0 aromatic carbocycles. The summed E-state index contributed by atoms with van der Waals surface area (Å²) in [5.41, 5.74) is 5.31. The number of rotatable bonds is 4. The first-order chi connectivity index (χ1) is 7.25. The van der Waals surface area contributed by atoms with E-state index >= 15 is 0 Å². The van der Waals surface area contributed by atoms with E-state index in [-0.39, 0.29) is 5.84 Å². The van der Waals surface area contributed by atoms with Crippen molar-refractivity contribution in [3.63, 3.8) is 0 Å². The van der Waals surface area contributed by atoms with Gasteiger partial charge in [0.2, 0.25) is 0 Å². The lowest BCUT2D eigenvalue weighted by Crippen LogP contribution is -2.34. The van der Waals surface area contributed by atoms with Gasteiger partial charge in [0.1, 0.15) is 12.2 Å². The van der Waals surface area contributed by atoms with Crippen molar-refractivity contribution in [2.24, 2.45) is 5.73 Å². The molecule has 82 valence electrons. The van der Waals surface area contributed by atoms with Crippen molar-refractivity contribution in [3.8, 4) is 0 Å². The highest BCUT2D eigenvalue weighted by Crippen LogP contribution is 2.09. The molecule has 0 radical (unpaired) electrons. The van der Waals surface area contributed by atoms with E-state index in [4.69, 9.17) is 11.1 Å². The van der Waals surface area contributed by atoms with Crippen molar-refractivity contribution in [3.05, 3.63) is 12.2 Å². The molecule has 1 aromatic rings. The molecule has 1 aromatic heterocycles. The quantitative estimate of drug-likeness (QED) is 0.530. The molecule has 6 heteroatoms. The molecule has 2 heterocycles. The molecule has 2 rings (SSSR count). The SMILES string of the molecule is N=C(N)CCCN1CCn2cnnc2C1. The summed E-state index contributed by atoms with van der Waals surface area (Å²) in [6.07, 6.45) is 3.41. The van der Waals surface area contributed by atoms with E-state index in [9.17, 15) is 0 Å². The lowest BCUT2D eigenvalue weighted by molar-refractivity contribution is 0.216. The van der Waals surface area contributed by atoms with Crippen molar-refractivity contribution < 1.29 is 0 Å². The molecule has 6 nitrogen and oxygen atoms in total. The van der Waals surface area contributed by atoms with E-state index in [1.54, 1.807) is 6.33 Å². The Kier molecular flexibility index (Phi) is 2.96. The maximum Gasteiger partial charge on any atom is 0.147 e. The number of nitrogens with one attached hydrogen (secondary N) is 1. The van der Waals surface area contributed by atoms with Crippen LogP contribution in [0, 0.1) is 5.41 Å². The Bertz CT molecular complexity index is 344. The minimum absolute atomic E-state index is 0.273. The Labute approximate surface area is 88.6 Å². The van der Waals surface area contributed by atoms with Gasteiger partial charge in [-0.15, -0.1) is 10.2 Å². The van der Waals surface area contributed by atoms with Gasteiger partial charge in [-0.25, -0.2) is 0 Å². The average Bonchev–Trinajstić information content (AvgIpc) is 2.64. The van der Waals surface area contributed by atoms with Crippen LogP contribution in [0.15, 0.2) is 6.33 Å². The first-order valence-corrected chi connectivity index (χ1v) is 5.17. The second-order valence-electron chi connectivity index (χ2n) is 3.85. The van der Waals surface area contributed by atoms with Crippen LogP contribution in [0.4, 0.5) is 0 Å². The van der Waals surface area contributed by atoms with Gasteiger partial charge >= 0.3 is 0 Å². The minimum atomic E-state index is 0.273. The summed E-state index contributed by atoms with van der Waals surface area (Å²) in [6.45, 7) is 3.83. The number of nitrogens with two attached hydrogens (primary N) is 1. The monoisotopic (exact) mass is 208 g/mol.